The van der Waals surface area contributed by atoms with Crippen LogP contribution in [-0.2, 0) is 6.54 Å². The summed E-state index contributed by atoms with van der Waals surface area (Å²) in [6.07, 6.45) is 2.29. The lowest BCUT2D eigenvalue weighted by Crippen LogP contribution is -2.35. The van der Waals surface area contributed by atoms with Crippen molar-refractivity contribution in [2.24, 2.45) is 11.7 Å². The maximum atomic E-state index is 13.9. The molecule has 134 valence electrons. The second-order valence-corrected chi connectivity index (χ2v) is 6.62. The maximum Gasteiger partial charge on any atom is 0.168 e. The van der Waals surface area contributed by atoms with Gasteiger partial charge in [-0.05, 0) is 55.6 Å². The van der Waals surface area contributed by atoms with E-state index in [0.29, 0.717) is 11.5 Å². The number of hydrogen-bond acceptors (Lipinski definition) is 3. The smallest absolute Gasteiger partial charge is 0.168 e. The first kappa shape index (κ1) is 17.8. The van der Waals surface area contributed by atoms with Gasteiger partial charge in [-0.2, -0.15) is 0 Å². The minimum Gasteiger partial charge on any atom is -0.493 e. The van der Waals surface area contributed by atoms with Gasteiger partial charge in [-0.15, -0.1) is 0 Å². The van der Waals surface area contributed by atoms with E-state index in [9.17, 15) is 8.78 Å². The molecule has 0 radical (unpaired) electrons. The lowest BCUT2D eigenvalue weighted by molar-refractivity contribution is 0.180. The molecule has 2 N–H and O–H groups in total. The van der Waals surface area contributed by atoms with Gasteiger partial charge in [0.2, 0.25) is 0 Å². The van der Waals surface area contributed by atoms with Crippen molar-refractivity contribution in [3.8, 4) is 16.9 Å². The quantitative estimate of drug-likeness (QED) is 0.895. The van der Waals surface area contributed by atoms with Crippen molar-refractivity contribution in [1.29, 1.82) is 0 Å². The molecule has 3 nitrogen and oxygen atoms in total. The van der Waals surface area contributed by atoms with Crippen LogP contribution in [0.15, 0.2) is 36.4 Å². The van der Waals surface area contributed by atoms with E-state index in [2.05, 4.69) is 4.90 Å². The predicted molar refractivity (Wildman–Crippen MR) is 95.4 cm³/mol. The summed E-state index contributed by atoms with van der Waals surface area (Å²) >= 11 is 0. The second kappa shape index (κ2) is 7.93. The average Bonchev–Trinajstić information content (AvgIpc) is 2.62. The van der Waals surface area contributed by atoms with Crippen LogP contribution in [0.1, 0.15) is 18.4 Å². The Hall–Kier alpha value is -1.98. The molecule has 2 aromatic rings. The molecule has 0 spiro atoms. The zero-order valence-corrected chi connectivity index (χ0v) is 14.5. The van der Waals surface area contributed by atoms with E-state index in [0.717, 1.165) is 50.7 Å². The van der Waals surface area contributed by atoms with Gasteiger partial charge in [0.05, 0.1) is 7.11 Å². The summed E-state index contributed by atoms with van der Waals surface area (Å²) in [7, 11) is 1.39. The number of nitrogens with two attached hydrogens (primary N) is 1. The van der Waals surface area contributed by atoms with Crippen molar-refractivity contribution in [3.63, 3.8) is 0 Å². The first-order chi connectivity index (χ1) is 12.1. The van der Waals surface area contributed by atoms with Crippen LogP contribution in [0.2, 0.25) is 0 Å². The van der Waals surface area contributed by atoms with Crippen molar-refractivity contribution >= 4 is 0 Å². The van der Waals surface area contributed by atoms with Gasteiger partial charge in [0, 0.05) is 18.2 Å². The van der Waals surface area contributed by atoms with Crippen LogP contribution in [0.4, 0.5) is 8.78 Å². The number of piperidine rings is 1. The summed E-state index contributed by atoms with van der Waals surface area (Å²) in [5.41, 5.74) is 8.08. The molecule has 5 heteroatoms. The summed E-state index contributed by atoms with van der Waals surface area (Å²) in [5, 5.41) is 0. The molecule has 1 heterocycles. The number of halogens is 2. The van der Waals surface area contributed by atoms with E-state index in [1.165, 1.54) is 18.7 Å². The van der Waals surface area contributed by atoms with E-state index in [1.54, 1.807) is 0 Å². The number of benzene rings is 2. The lowest BCUT2D eigenvalue weighted by Gasteiger charge is -2.31. The third-order valence-electron chi connectivity index (χ3n) is 4.92. The number of hydrogen-bond donors (Lipinski definition) is 1. The lowest BCUT2D eigenvalue weighted by atomic mass is 9.96. The van der Waals surface area contributed by atoms with E-state index in [-0.39, 0.29) is 5.75 Å². The fraction of sp³-hybridized carbons (Fsp3) is 0.400. The SMILES string of the molecule is COc1c(F)cc(F)cc1-c1ccc(CN2CCC(CN)CC2)cc1. The van der Waals surface area contributed by atoms with Gasteiger partial charge < -0.3 is 10.5 Å². The normalized spacial score (nSPS) is 16.2. The molecule has 1 aliphatic heterocycles. The van der Waals surface area contributed by atoms with Crippen molar-refractivity contribution in [1.82, 2.24) is 4.90 Å². The Kier molecular flexibility index (Phi) is 5.66. The molecule has 0 atom stereocenters. The van der Waals surface area contributed by atoms with Crippen LogP contribution in [0.5, 0.6) is 5.75 Å². The molecular weight excluding hydrogens is 322 g/mol. The van der Waals surface area contributed by atoms with Gasteiger partial charge in [0.15, 0.2) is 11.6 Å². The fourth-order valence-corrected chi connectivity index (χ4v) is 3.41. The summed E-state index contributed by atoms with van der Waals surface area (Å²) in [5.74, 6) is -0.587. The minimum atomic E-state index is -0.690. The van der Waals surface area contributed by atoms with Gasteiger partial charge >= 0.3 is 0 Å². The Balaban J connectivity index is 1.73. The van der Waals surface area contributed by atoms with Crippen molar-refractivity contribution < 1.29 is 13.5 Å². The molecule has 0 unspecified atom stereocenters. The third kappa shape index (κ3) is 4.17. The predicted octanol–water partition coefficient (Wildman–Crippen LogP) is 3.81. The molecular formula is C20H24F2N2O. The van der Waals surface area contributed by atoms with Crippen molar-refractivity contribution in [3.05, 3.63) is 53.6 Å². The van der Waals surface area contributed by atoms with Crippen LogP contribution >= 0.6 is 0 Å². The van der Waals surface area contributed by atoms with E-state index in [1.807, 2.05) is 24.3 Å². The highest BCUT2D eigenvalue weighted by molar-refractivity contribution is 5.71. The van der Waals surface area contributed by atoms with E-state index in [4.69, 9.17) is 10.5 Å². The second-order valence-electron chi connectivity index (χ2n) is 6.62. The molecule has 0 aliphatic carbocycles. The summed E-state index contributed by atoms with van der Waals surface area (Å²) in [6.45, 7) is 3.78. The zero-order chi connectivity index (χ0) is 17.8. The number of methoxy groups -OCH3 is 1. The molecule has 1 aliphatic rings. The van der Waals surface area contributed by atoms with Crippen LogP contribution in [0.25, 0.3) is 11.1 Å². The Morgan fingerprint density at radius 1 is 1.12 bits per heavy atom. The number of nitrogens with zero attached hydrogens (tertiary/aromatic N) is 1. The van der Waals surface area contributed by atoms with Gasteiger partial charge in [-0.25, -0.2) is 8.78 Å². The van der Waals surface area contributed by atoms with Crippen LogP contribution in [0.3, 0.4) is 0 Å². The first-order valence-corrected chi connectivity index (χ1v) is 8.65. The van der Waals surface area contributed by atoms with Crippen LogP contribution in [-0.4, -0.2) is 31.6 Å². The zero-order valence-electron chi connectivity index (χ0n) is 14.5. The largest absolute Gasteiger partial charge is 0.493 e. The summed E-state index contributed by atoms with van der Waals surface area (Å²) < 4.78 is 32.5. The fourth-order valence-electron chi connectivity index (χ4n) is 3.41. The van der Waals surface area contributed by atoms with Gasteiger partial charge in [0.1, 0.15) is 5.82 Å². The van der Waals surface area contributed by atoms with Crippen LogP contribution < -0.4 is 10.5 Å². The Morgan fingerprint density at radius 2 is 1.80 bits per heavy atom. The summed E-state index contributed by atoms with van der Waals surface area (Å²) in [4.78, 5) is 2.42. The van der Waals surface area contributed by atoms with Gasteiger partial charge in [0.25, 0.3) is 0 Å². The Bertz CT molecular complexity index is 710. The highest BCUT2D eigenvalue weighted by Crippen LogP contribution is 2.33. The monoisotopic (exact) mass is 346 g/mol. The highest BCUT2D eigenvalue weighted by atomic mass is 19.1. The standard InChI is InChI=1S/C20H24F2N2O/c1-25-20-18(10-17(21)11-19(20)22)16-4-2-15(3-5-16)13-24-8-6-14(12-23)7-9-24/h2-5,10-11,14H,6-9,12-13,23H2,1H3. The molecule has 2 aromatic carbocycles. The topological polar surface area (TPSA) is 38.5 Å². The Morgan fingerprint density at radius 3 is 2.40 bits per heavy atom. The number of ether oxygens (including phenoxy) is 1. The minimum absolute atomic E-state index is 0.0676. The van der Waals surface area contributed by atoms with Crippen LogP contribution in [0, 0.1) is 17.6 Å². The van der Waals surface area contributed by atoms with Crippen molar-refractivity contribution in [2.75, 3.05) is 26.7 Å². The molecule has 1 fully saturated rings. The molecule has 0 saturated carbocycles. The molecule has 25 heavy (non-hydrogen) atoms. The number of likely N-dealkylation sites (tertiary alicyclic amines) is 1. The van der Waals surface area contributed by atoms with E-state index >= 15 is 0 Å². The summed E-state index contributed by atoms with van der Waals surface area (Å²) in [6, 6.07) is 9.92. The Labute approximate surface area is 147 Å². The third-order valence-corrected chi connectivity index (χ3v) is 4.92. The van der Waals surface area contributed by atoms with Gasteiger partial charge in [-0.1, -0.05) is 24.3 Å². The van der Waals surface area contributed by atoms with Crippen molar-refractivity contribution in [2.45, 2.75) is 19.4 Å². The molecule has 0 bridgehead atoms. The molecule has 0 aromatic heterocycles. The number of rotatable bonds is 5. The first-order valence-electron chi connectivity index (χ1n) is 8.65. The molecule has 0 amide bonds. The highest BCUT2D eigenvalue weighted by Gasteiger charge is 2.18. The maximum absolute atomic E-state index is 13.9. The molecule has 1 saturated heterocycles. The van der Waals surface area contributed by atoms with E-state index < -0.39 is 11.6 Å². The average molecular weight is 346 g/mol. The van der Waals surface area contributed by atoms with Gasteiger partial charge in [-0.3, -0.25) is 4.90 Å². The molecule has 3 rings (SSSR count).